The molecule has 28 heavy (non-hydrogen) atoms. The van der Waals surface area contributed by atoms with Crippen LogP contribution in [0.1, 0.15) is 16.8 Å². The quantitative estimate of drug-likeness (QED) is 0.247. The van der Waals surface area contributed by atoms with Crippen molar-refractivity contribution in [2.24, 2.45) is 5.92 Å². The number of carbonyl (C=O) groups is 3. The van der Waals surface area contributed by atoms with Crippen molar-refractivity contribution in [3.63, 3.8) is 0 Å². The van der Waals surface area contributed by atoms with Gasteiger partial charge in [0.2, 0.25) is 5.91 Å². The molecule has 0 aliphatic carbocycles. The number of para-hydroxylation sites is 1. The lowest BCUT2D eigenvalue weighted by atomic mass is 10.1. The fraction of sp³-hybridized carbons (Fsp3) is 0.211. The monoisotopic (exact) mass is 384 g/mol. The smallest absolute Gasteiger partial charge is 0.316 e. The number of methoxy groups -OCH3 is 1. The minimum atomic E-state index is -0.743. The largest absolute Gasteiger partial charge is 0.494 e. The highest BCUT2D eigenvalue weighted by molar-refractivity contribution is 6.01. The number of carbonyl (C=O) groups excluding carboxylic acids is 3. The standard InChI is InChI=1S/C19H16N2O7/c1-27-17-9-14(21(25)26)6-7-15(17)20-10-13(8-18(20)23)19(24)28-16-5-3-2-4-12(16)11-22/h2-7,9,11,13H,8,10H2,1H3/t13-/m1/s1. The number of rotatable bonds is 6. The summed E-state index contributed by atoms with van der Waals surface area (Å²) in [4.78, 5) is 47.6. The summed E-state index contributed by atoms with van der Waals surface area (Å²) in [6, 6.07) is 10.2. The van der Waals surface area contributed by atoms with E-state index in [1.165, 1.54) is 42.3 Å². The topological polar surface area (TPSA) is 116 Å². The summed E-state index contributed by atoms with van der Waals surface area (Å²) in [7, 11) is 1.34. The molecule has 1 atom stereocenters. The molecule has 0 unspecified atom stereocenters. The fourth-order valence-electron chi connectivity index (χ4n) is 2.96. The third-order valence-electron chi connectivity index (χ3n) is 4.38. The van der Waals surface area contributed by atoms with E-state index in [9.17, 15) is 24.5 Å². The van der Waals surface area contributed by atoms with E-state index < -0.39 is 16.8 Å². The van der Waals surface area contributed by atoms with Gasteiger partial charge in [0.15, 0.2) is 6.29 Å². The van der Waals surface area contributed by atoms with Crippen molar-refractivity contribution < 1.29 is 28.8 Å². The van der Waals surface area contributed by atoms with Gasteiger partial charge in [0.25, 0.3) is 5.69 Å². The normalized spacial score (nSPS) is 16.0. The van der Waals surface area contributed by atoms with E-state index in [1.807, 2.05) is 0 Å². The second kappa shape index (κ2) is 7.87. The number of non-ortho nitro benzene ring substituents is 1. The Balaban J connectivity index is 1.79. The molecule has 1 aliphatic heterocycles. The minimum absolute atomic E-state index is 0.0368. The van der Waals surface area contributed by atoms with Gasteiger partial charge in [0.1, 0.15) is 11.5 Å². The number of nitrogens with zero attached hydrogens (tertiary/aromatic N) is 2. The molecule has 1 amide bonds. The van der Waals surface area contributed by atoms with Crippen molar-refractivity contribution in [1.29, 1.82) is 0 Å². The molecule has 3 rings (SSSR count). The first-order valence-electron chi connectivity index (χ1n) is 8.33. The summed E-state index contributed by atoms with van der Waals surface area (Å²) >= 11 is 0. The molecule has 0 aromatic heterocycles. The molecule has 0 bridgehead atoms. The Bertz CT molecular complexity index is 957. The highest BCUT2D eigenvalue weighted by atomic mass is 16.6. The highest BCUT2D eigenvalue weighted by Crippen LogP contribution is 2.36. The van der Waals surface area contributed by atoms with Crippen LogP contribution in [0.25, 0.3) is 0 Å². The van der Waals surface area contributed by atoms with Gasteiger partial charge >= 0.3 is 5.97 Å². The predicted octanol–water partition coefficient (Wildman–Crippen LogP) is 2.37. The second-order valence-corrected chi connectivity index (χ2v) is 6.10. The third-order valence-corrected chi connectivity index (χ3v) is 4.38. The highest BCUT2D eigenvalue weighted by Gasteiger charge is 2.38. The number of nitro groups is 1. The SMILES string of the molecule is COc1cc([N+](=O)[O-])ccc1N1C[C@H](C(=O)Oc2ccccc2C=O)CC1=O. The zero-order valence-corrected chi connectivity index (χ0v) is 14.9. The summed E-state index contributed by atoms with van der Waals surface area (Å²) in [5.41, 5.74) is 0.393. The number of aldehydes is 1. The molecule has 1 heterocycles. The van der Waals surface area contributed by atoms with Crippen LogP contribution in [0.4, 0.5) is 11.4 Å². The van der Waals surface area contributed by atoms with Gasteiger partial charge in [0.05, 0.1) is 35.3 Å². The zero-order valence-electron chi connectivity index (χ0n) is 14.9. The van der Waals surface area contributed by atoms with E-state index >= 15 is 0 Å². The molecule has 2 aromatic carbocycles. The van der Waals surface area contributed by atoms with Crippen LogP contribution < -0.4 is 14.4 Å². The van der Waals surface area contributed by atoms with Crippen LogP contribution in [0.15, 0.2) is 42.5 Å². The van der Waals surface area contributed by atoms with Crippen molar-refractivity contribution >= 4 is 29.5 Å². The molecule has 0 N–H and O–H groups in total. The van der Waals surface area contributed by atoms with Gasteiger partial charge in [-0.3, -0.25) is 24.5 Å². The lowest BCUT2D eigenvalue weighted by Crippen LogP contribution is -2.27. The average molecular weight is 384 g/mol. The molecule has 0 saturated carbocycles. The number of anilines is 1. The maximum absolute atomic E-state index is 12.5. The Morgan fingerprint density at radius 2 is 2.00 bits per heavy atom. The second-order valence-electron chi connectivity index (χ2n) is 6.10. The van der Waals surface area contributed by atoms with Gasteiger partial charge in [-0.1, -0.05) is 12.1 Å². The number of nitro benzene ring substituents is 1. The molecule has 0 radical (unpaired) electrons. The van der Waals surface area contributed by atoms with Gasteiger partial charge in [-0.25, -0.2) is 0 Å². The number of ether oxygens (including phenoxy) is 2. The van der Waals surface area contributed by atoms with E-state index in [0.717, 1.165) is 0 Å². The van der Waals surface area contributed by atoms with Crippen molar-refractivity contribution in [1.82, 2.24) is 0 Å². The van der Waals surface area contributed by atoms with Crippen LogP contribution in [0.2, 0.25) is 0 Å². The van der Waals surface area contributed by atoms with E-state index in [-0.39, 0.29) is 41.6 Å². The average Bonchev–Trinajstić information content (AvgIpc) is 3.09. The van der Waals surface area contributed by atoms with Crippen LogP contribution >= 0.6 is 0 Å². The van der Waals surface area contributed by atoms with Gasteiger partial charge in [-0.2, -0.15) is 0 Å². The lowest BCUT2D eigenvalue weighted by molar-refractivity contribution is -0.384. The molecule has 1 aliphatic rings. The summed E-state index contributed by atoms with van der Waals surface area (Å²) < 4.78 is 10.5. The first-order chi connectivity index (χ1) is 13.4. The first kappa shape index (κ1) is 19.0. The van der Waals surface area contributed by atoms with E-state index in [1.54, 1.807) is 12.1 Å². The van der Waals surface area contributed by atoms with Crippen LogP contribution in [0, 0.1) is 16.0 Å². The van der Waals surface area contributed by atoms with Crippen LogP contribution in [0.3, 0.4) is 0 Å². The van der Waals surface area contributed by atoms with Gasteiger partial charge < -0.3 is 14.4 Å². The molecular formula is C19H16N2O7. The Morgan fingerprint density at radius 1 is 1.25 bits per heavy atom. The fourth-order valence-corrected chi connectivity index (χ4v) is 2.96. The molecule has 9 nitrogen and oxygen atoms in total. The molecule has 0 spiro atoms. The van der Waals surface area contributed by atoms with Crippen LogP contribution in [-0.2, 0) is 9.59 Å². The van der Waals surface area contributed by atoms with Crippen LogP contribution in [-0.4, -0.2) is 36.7 Å². The predicted molar refractivity (Wildman–Crippen MR) is 97.6 cm³/mol. The Kier molecular flexibility index (Phi) is 5.35. The third kappa shape index (κ3) is 3.68. The Morgan fingerprint density at radius 3 is 2.68 bits per heavy atom. The maximum Gasteiger partial charge on any atom is 0.316 e. The zero-order chi connectivity index (χ0) is 20.3. The van der Waals surface area contributed by atoms with Gasteiger partial charge in [0, 0.05) is 19.0 Å². The summed E-state index contributed by atoms with van der Waals surface area (Å²) in [6.45, 7) is 0.0368. The number of benzene rings is 2. The summed E-state index contributed by atoms with van der Waals surface area (Å²) in [6.07, 6.45) is 0.499. The molecule has 2 aromatic rings. The number of esters is 1. The van der Waals surface area contributed by atoms with Crippen molar-refractivity contribution in [2.75, 3.05) is 18.6 Å². The molecule has 144 valence electrons. The molecule has 9 heteroatoms. The van der Waals surface area contributed by atoms with Gasteiger partial charge in [-0.15, -0.1) is 0 Å². The Hall–Kier alpha value is -3.75. The van der Waals surface area contributed by atoms with E-state index in [4.69, 9.17) is 9.47 Å². The minimum Gasteiger partial charge on any atom is -0.494 e. The van der Waals surface area contributed by atoms with Crippen LogP contribution in [0.5, 0.6) is 11.5 Å². The van der Waals surface area contributed by atoms with E-state index in [2.05, 4.69) is 0 Å². The van der Waals surface area contributed by atoms with Gasteiger partial charge in [-0.05, 0) is 18.2 Å². The van der Waals surface area contributed by atoms with E-state index in [0.29, 0.717) is 12.0 Å². The number of amides is 1. The molecule has 1 saturated heterocycles. The summed E-state index contributed by atoms with van der Waals surface area (Å²) in [5.74, 6) is -1.43. The number of hydrogen-bond donors (Lipinski definition) is 0. The first-order valence-corrected chi connectivity index (χ1v) is 8.33. The summed E-state index contributed by atoms with van der Waals surface area (Å²) in [5, 5.41) is 10.9. The van der Waals surface area contributed by atoms with Crippen molar-refractivity contribution in [3.8, 4) is 11.5 Å². The maximum atomic E-state index is 12.5. The van der Waals surface area contributed by atoms with Crippen molar-refractivity contribution in [2.45, 2.75) is 6.42 Å². The molecule has 1 fully saturated rings. The molecular weight excluding hydrogens is 368 g/mol. The Labute approximate surface area is 159 Å². The lowest BCUT2D eigenvalue weighted by Gasteiger charge is -2.19. The number of hydrogen-bond acceptors (Lipinski definition) is 7. The van der Waals surface area contributed by atoms with Crippen molar-refractivity contribution in [3.05, 3.63) is 58.1 Å².